The quantitative estimate of drug-likeness (QED) is 0.733. The van der Waals surface area contributed by atoms with Crippen molar-refractivity contribution in [2.75, 3.05) is 27.9 Å². The zero-order valence-electron chi connectivity index (χ0n) is 17.5. The van der Waals surface area contributed by atoms with Crippen LogP contribution in [0.25, 0.3) is 0 Å². The maximum atomic E-state index is 12.9. The van der Waals surface area contributed by atoms with E-state index in [0.29, 0.717) is 46.1 Å². The SMILES string of the molecule is CCOC(=O)C1=C(C)NC2=C(C(=O)CCC2)[C@H]1c1cc(OC)c(OC)c(OC)c1. The molecule has 1 atom stereocenters. The molecule has 0 saturated carbocycles. The topological polar surface area (TPSA) is 83.1 Å². The summed E-state index contributed by atoms with van der Waals surface area (Å²) in [6.07, 6.45) is 2.00. The molecule has 1 aromatic carbocycles. The molecule has 0 radical (unpaired) electrons. The van der Waals surface area contributed by atoms with Crippen LogP contribution in [-0.2, 0) is 14.3 Å². The van der Waals surface area contributed by atoms with Crippen LogP contribution in [0.2, 0.25) is 0 Å². The van der Waals surface area contributed by atoms with Gasteiger partial charge >= 0.3 is 5.97 Å². The van der Waals surface area contributed by atoms with Crippen molar-refractivity contribution in [3.8, 4) is 17.2 Å². The van der Waals surface area contributed by atoms with E-state index in [9.17, 15) is 9.59 Å². The number of allylic oxidation sites excluding steroid dienone is 3. The Morgan fingerprint density at radius 3 is 2.31 bits per heavy atom. The van der Waals surface area contributed by atoms with E-state index in [1.807, 2.05) is 6.92 Å². The van der Waals surface area contributed by atoms with Gasteiger partial charge in [-0.2, -0.15) is 0 Å². The summed E-state index contributed by atoms with van der Waals surface area (Å²) in [5.41, 5.74) is 3.31. The van der Waals surface area contributed by atoms with E-state index in [2.05, 4.69) is 5.32 Å². The number of hydrogen-bond acceptors (Lipinski definition) is 7. The molecule has 0 bridgehead atoms. The average Bonchev–Trinajstić information content (AvgIpc) is 2.71. The third-order valence-electron chi connectivity index (χ3n) is 5.29. The van der Waals surface area contributed by atoms with Crippen molar-refractivity contribution in [2.45, 2.75) is 39.0 Å². The van der Waals surface area contributed by atoms with Crippen LogP contribution in [0.15, 0.2) is 34.7 Å². The lowest BCUT2D eigenvalue weighted by atomic mass is 9.75. The number of esters is 1. The number of ether oxygens (including phenoxy) is 4. The predicted octanol–water partition coefficient (Wildman–Crippen LogP) is 3.24. The first kappa shape index (κ1) is 20.8. The van der Waals surface area contributed by atoms with Crippen LogP contribution in [-0.4, -0.2) is 39.7 Å². The summed E-state index contributed by atoms with van der Waals surface area (Å²) in [6, 6.07) is 3.58. The molecule has 2 aliphatic rings. The highest BCUT2D eigenvalue weighted by Gasteiger charge is 2.39. The van der Waals surface area contributed by atoms with Gasteiger partial charge in [-0.3, -0.25) is 4.79 Å². The van der Waals surface area contributed by atoms with E-state index >= 15 is 0 Å². The summed E-state index contributed by atoms with van der Waals surface area (Å²) in [7, 11) is 4.60. The highest BCUT2D eigenvalue weighted by Crippen LogP contribution is 2.47. The number of carbonyl (C=O) groups excluding carboxylic acids is 2. The molecule has 3 rings (SSSR count). The highest BCUT2D eigenvalue weighted by molar-refractivity contribution is 6.03. The first-order chi connectivity index (χ1) is 14.0. The summed E-state index contributed by atoms with van der Waals surface area (Å²) < 4.78 is 21.7. The van der Waals surface area contributed by atoms with Gasteiger partial charge in [-0.25, -0.2) is 4.79 Å². The molecular formula is C22H27NO6. The predicted molar refractivity (Wildman–Crippen MR) is 107 cm³/mol. The normalized spacial score (nSPS) is 18.8. The number of carbonyl (C=O) groups is 2. The smallest absolute Gasteiger partial charge is 0.336 e. The van der Waals surface area contributed by atoms with Crippen LogP contribution in [0.5, 0.6) is 17.2 Å². The minimum atomic E-state index is -0.563. The first-order valence-electron chi connectivity index (χ1n) is 9.67. The Morgan fingerprint density at radius 2 is 1.76 bits per heavy atom. The molecule has 1 N–H and O–H groups in total. The Morgan fingerprint density at radius 1 is 1.10 bits per heavy atom. The molecule has 0 amide bonds. The van der Waals surface area contributed by atoms with Gasteiger partial charge in [0.05, 0.1) is 33.5 Å². The maximum Gasteiger partial charge on any atom is 0.336 e. The molecule has 7 heteroatoms. The number of dihydropyridines is 1. The maximum absolute atomic E-state index is 12.9. The Balaban J connectivity index is 2.25. The number of ketones is 1. The van der Waals surface area contributed by atoms with Crippen LogP contribution >= 0.6 is 0 Å². The lowest BCUT2D eigenvalue weighted by Gasteiger charge is -2.34. The van der Waals surface area contributed by atoms with Gasteiger partial charge in [0.1, 0.15) is 0 Å². The summed E-state index contributed by atoms with van der Waals surface area (Å²) in [6.45, 7) is 3.84. The summed E-state index contributed by atoms with van der Waals surface area (Å²) in [4.78, 5) is 25.8. The second-order valence-electron chi connectivity index (χ2n) is 6.94. The Kier molecular flexibility index (Phi) is 6.15. The van der Waals surface area contributed by atoms with Gasteiger partial charge in [0, 0.05) is 29.3 Å². The third-order valence-corrected chi connectivity index (χ3v) is 5.29. The van der Waals surface area contributed by atoms with E-state index in [4.69, 9.17) is 18.9 Å². The molecule has 7 nitrogen and oxygen atoms in total. The fourth-order valence-electron chi connectivity index (χ4n) is 4.06. The van der Waals surface area contributed by atoms with Crippen molar-refractivity contribution in [2.24, 2.45) is 0 Å². The molecule has 1 aliphatic carbocycles. The number of Topliss-reactive ketones (excluding diaryl/α,β-unsaturated/α-hetero) is 1. The van der Waals surface area contributed by atoms with E-state index in [1.54, 1.807) is 19.1 Å². The van der Waals surface area contributed by atoms with Crippen LogP contribution in [0.4, 0.5) is 0 Å². The average molecular weight is 401 g/mol. The van der Waals surface area contributed by atoms with Gasteiger partial charge in [-0.1, -0.05) is 0 Å². The highest BCUT2D eigenvalue weighted by atomic mass is 16.5. The minimum absolute atomic E-state index is 0.0341. The summed E-state index contributed by atoms with van der Waals surface area (Å²) >= 11 is 0. The summed E-state index contributed by atoms with van der Waals surface area (Å²) in [5.74, 6) is 0.410. The molecule has 29 heavy (non-hydrogen) atoms. The van der Waals surface area contributed by atoms with Gasteiger partial charge in [-0.05, 0) is 44.4 Å². The van der Waals surface area contributed by atoms with Crippen molar-refractivity contribution < 1.29 is 28.5 Å². The lowest BCUT2D eigenvalue weighted by molar-refractivity contribution is -0.138. The van der Waals surface area contributed by atoms with Crippen LogP contribution < -0.4 is 19.5 Å². The largest absolute Gasteiger partial charge is 0.493 e. The number of hydrogen-bond donors (Lipinski definition) is 1. The van der Waals surface area contributed by atoms with Crippen LogP contribution in [0.1, 0.15) is 44.6 Å². The Bertz CT molecular complexity index is 874. The fraction of sp³-hybridized carbons (Fsp3) is 0.455. The second kappa shape index (κ2) is 8.59. The van der Waals surface area contributed by atoms with Crippen molar-refractivity contribution in [3.63, 3.8) is 0 Å². The van der Waals surface area contributed by atoms with Crippen molar-refractivity contribution in [1.29, 1.82) is 0 Å². The van der Waals surface area contributed by atoms with Crippen molar-refractivity contribution >= 4 is 11.8 Å². The molecule has 156 valence electrons. The molecule has 1 heterocycles. The number of nitrogens with one attached hydrogen (secondary N) is 1. The molecule has 1 aliphatic heterocycles. The molecule has 0 fully saturated rings. The first-order valence-corrected chi connectivity index (χ1v) is 9.67. The van der Waals surface area contributed by atoms with E-state index in [-0.39, 0.29) is 12.4 Å². The fourth-order valence-corrected chi connectivity index (χ4v) is 4.06. The second-order valence-corrected chi connectivity index (χ2v) is 6.94. The Hall–Kier alpha value is -2.96. The van der Waals surface area contributed by atoms with E-state index < -0.39 is 11.9 Å². The number of rotatable bonds is 6. The molecule has 0 aromatic heterocycles. The molecular weight excluding hydrogens is 374 g/mol. The molecule has 0 spiro atoms. The van der Waals surface area contributed by atoms with Crippen molar-refractivity contribution in [3.05, 3.63) is 40.2 Å². The van der Waals surface area contributed by atoms with E-state index in [0.717, 1.165) is 18.5 Å². The Labute approximate surface area is 170 Å². The van der Waals surface area contributed by atoms with Crippen LogP contribution in [0, 0.1) is 0 Å². The zero-order chi connectivity index (χ0) is 21.1. The molecule has 0 unspecified atom stereocenters. The van der Waals surface area contributed by atoms with Crippen molar-refractivity contribution in [1.82, 2.24) is 5.32 Å². The standard InChI is InChI=1S/C22H27NO6/c1-6-29-22(25)18-12(2)23-14-8-7-9-15(24)20(14)19(18)13-10-16(26-3)21(28-5)17(11-13)27-4/h10-11,19,23H,6-9H2,1-5H3/t19-/m0/s1. The van der Waals surface area contributed by atoms with Gasteiger partial charge in [-0.15, -0.1) is 0 Å². The van der Waals surface area contributed by atoms with Crippen LogP contribution in [0.3, 0.4) is 0 Å². The number of benzene rings is 1. The molecule has 0 saturated heterocycles. The summed E-state index contributed by atoms with van der Waals surface area (Å²) in [5, 5.41) is 3.27. The zero-order valence-corrected chi connectivity index (χ0v) is 17.5. The van der Waals surface area contributed by atoms with Gasteiger partial charge in [0.2, 0.25) is 5.75 Å². The van der Waals surface area contributed by atoms with Gasteiger partial charge in [0.15, 0.2) is 17.3 Å². The minimum Gasteiger partial charge on any atom is -0.493 e. The van der Waals surface area contributed by atoms with Gasteiger partial charge in [0.25, 0.3) is 0 Å². The third kappa shape index (κ3) is 3.69. The molecule has 1 aromatic rings. The number of methoxy groups -OCH3 is 3. The lowest BCUT2D eigenvalue weighted by Crippen LogP contribution is -2.34. The van der Waals surface area contributed by atoms with Gasteiger partial charge < -0.3 is 24.3 Å². The van der Waals surface area contributed by atoms with E-state index in [1.165, 1.54) is 21.3 Å². The monoisotopic (exact) mass is 401 g/mol.